The van der Waals surface area contributed by atoms with Gasteiger partial charge >= 0.3 is 0 Å². The molecule has 4 aromatic rings. The predicted molar refractivity (Wildman–Crippen MR) is 118 cm³/mol. The summed E-state index contributed by atoms with van der Waals surface area (Å²) in [5.41, 5.74) is 2.98. The fourth-order valence-electron chi connectivity index (χ4n) is 3.05. The molecule has 0 spiro atoms. The van der Waals surface area contributed by atoms with Crippen molar-refractivity contribution in [2.75, 3.05) is 5.32 Å². The number of hydrogen-bond donors (Lipinski definition) is 1. The number of ketones is 1. The third-order valence-electron chi connectivity index (χ3n) is 4.61. The van der Waals surface area contributed by atoms with Gasteiger partial charge in [-0.15, -0.1) is 0 Å². The van der Waals surface area contributed by atoms with E-state index in [1.165, 1.54) is 0 Å². The van der Waals surface area contributed by atoms with Gasteiger partial charge in [0, 0.05) is 37.3 Å². The smallest absolute Gasteiger partial charge is 0.255 e. The van der Waals surface area contributed by atoms with Crippen LogP contribution in [0.15, 0.2) is 75.6 Å². The van der Waals surface area contributed by atoms with Crippen LogP contribution in [0, 0.1) is 6.92 Å². The molecule has 4 nitrogen and oxygen atoms in total. The van der Waals surface area contributed by atoms with E-state index in [1.807, 2.05) is 25.1 Å². The lowest BCUT2D eigenvalue weighted by atomic mass is 10.0. The molecule has 0 saturated carbocycles. The molecular weight excluding hydrogens is 454 g/mol. The maximum Gasteiger partial charge on any atom is 0.255 e. The van der Waals surface area contributed by atoms with Gasteiger partial charge in [-0.25, -0.2) is 0 Å². The number of halogens is 2. The number of hydrogen-bond acceptors (Lipinski definition) is 3. The van der Waals surface area contributed by atoms with Crippen LogP contribution in [0.4, 0.5) is 5.69 Å². The second kappa shape index (κ2) is 7.85. The van der Waals surface area contributed by atoms with Crippen LogP contribution in [-0.4, -0.2) is 11.7 Å². The molecule has 144 valence electrons. The highest BCUT2D eigenvalue weighted by Crippen LogP contribution is 2.30. The minimum Gasteiger partial charge on any atom is -0.452 e. The number of amides is 1. The molecule has 0 fully saturated rings. The number of fused-ring (bicyclic) bond motifs is 1. The van der Waals surface area contributed by atoms with Gasteiger partial charge in [0.2, 0.25) is 5.78 Å². The first-order valence-corrected chi connectivity index (χ1v) is 10.00. The van der Waals surface area contributed by atoms with Crippen LogP contribution in [0.2, 0.25) is 5.02 Å². The van der Waals surface area contributed by atoms with Crippen LogP contribution in [0.1, 0.15) is 32.0 Å². The van der Waals surface area contributed by atoms with E-state index in [2.05, 4.69) is 21.2 Å². The Morgan fingerprint density at radius 1 is 0.931 bits per heavy atom. The van der Waals surface area contributed by atoms with Gasteiger partial charge in [-0.05, 0) is 73.7 Å². The van der Waals surface area contributed by atoms with Crippen molar-refractivity contribution >= 4 is 55.9 Å². The van der Waals surface area contributed by atoms with E-state index in [4.69, 9.17) is 16.0 Å². The molecule has 0 radical (unpaired) electrons. The zero-order valence-corrected chi connectivity index (χ0v) is 17.7. The summed E-state index contributed by atoms with van der Waals surface area (Å²) in [5, 5.41) is 4.22. The molecule has 6 heteroatoms. The molecule has 0 atom stereocenters. The molecule has 1 heterocycles. The summed E-state index contributed by atoms with van der Waals surface area (Å²) >= 11 is 9.25. The lowest BCUT2D eigenvalue weighted by molar-refractivity contribution is 0.101. The number of nitrogens with one attached hydrogen (secondary N) is 1. The fraction of sp³-hybridized carbons (Fsp3) is 0.0435. The molecular formula is C23H15BrClNO3. The lowest BCUT2D eigenvalue weighted by Crippen LogP contribution is -2.11. The second-order valence-corrected chi connectivity index (χ2v) is 7.92. The summed E-state index contributed by atoms with van der Waals surface area (Å²) < 4.78 is 6.71. The molecule has 0 aliphatic rings. The zero-order chi connectivity index (χ0) is 20.5. The molecule has 1 aromatic heterocycles. The summed E-state index contributed by atoms with van der Waals surface area (Å²) in [7, 11) is 0. The standard InChI is InChI=1S/C23H15BrClNO3/c1-13-19-12-18(26-23(28)15-2-6-16(24)7-3-15)10-11-20(19)29-22(13)21(27)14-4-8-17(25)9-5-14/h2-12H,1H3,(H,26,28). The number of anilines is 1. The van der Waals surface area contributed by atoms with Crippen LogP contribution in [0.5, 0.6) is 0 Å². The van der Waals surface area contributed by atoms with Gasteiger partial charge in [0.1, 0.15) is 5.58 Å². The minimum absolute atomic E-state index is 0.212. The second-order valence-electron chi connectivity index (χ2n) is 6.56. The first kappa shape index (κ1) is 19.4. The van der Waals surface area contributed by atoms with Crippen LogP contribution < -0.4 is 5.32 Å². The Balaban J connectivity index is 1.63. The summed E-state index contributed by atoms with van der Waals surface area (Å²) in [6, 6.07) is 19.1. The number of aryl methyl sites for hydroxylation is 1. The minimum atomic E-state index is -0.213. The average molecular weight is 469 g/mol. The monoisotopic (exact) mass is 467 g/mol. The molecule has 0 saturated heterocycles. The third kappa shape index (κ3) is 3.97. The van der Waals surface area contributed by atoms with Gasteiger partial charge in [-0.3, -0.25) is 9.59 Å². The highest BCUT2D eigenvalue weighted by molar-refractivity contribution is 9.10. The van der Waals surface area contributed by atoms with Gasteiger partial charge in [-0.2, -0.15) is 0 Å². The lowest BCUT2D eigenvalue weighted by Gasteiger charge is -2.05. The van der Waals surface area contributed by atoms with Crippen LogP contribution in [0.25, 0.3) is 11.0 Å². The first-order valence-electron chi connectivity index (χ1n) is 8.83. The first-order chi connectivity index (χ1) is 13.9. The van der Waals surface area contributed by atoms with Crippen molar-refractivity contribution in [1.82, 2.24) is 0 Å². The Labute approximate surface area is 180 Å². The SMILES string of the molecule is Cc1c(C(=O)c2ccc(Cl)cc2)oc2ccc(NC(=O)c3ccc(Br)cc3)cc12. The van der Waals surface area contributed by atoms with Crippen molar-refractivity contribution in [2.45, 2.75) is 6.92 Å². The van der Waals surface area contributed by atoms with Crippen molar-refractivity contribution in [1.29, 1.82) is 0 Å². The van der Waals surface area contributed by atoms with Gasteiger partial charge in [0.05, 0.1) is 0 Å². The Morgan fingerprint density at radius 2 is 1.59 bits per heavy atom. The quantitative estimate of drug-likeness (QED) is 0.342. The molecule has 1 amide bonds. The van der Waals surface area contributed by atoms with E-state index in [-0.39, 0.29) is 17.5 Å². The Bertz CT molecular complexity index is 1230. The predicted octanol–water partition coefficient (Wildman–Crippen LogP) is 6.64. The van der Waals surface area contributed by atoms with Crippen LogP contribution >= 0.6 is 27.5 Å². The molecule has 4 rings (SSSR count). The molecule has 29 heavy (non-hydrogen) atoms. The van der Waals surface area contributed by atoms with Gasteiger partial charge in [0.25, 0.3) is 5.91 Å². The van der Waals surface area contributed by atoms with Crippen LogP contribution in [-0.2, 0) is 0 Å². The van der Waals surface area contributed by atoms with E-state index in [1.54, 1.807) is 48.5 Å². The van der Waals surface area contributed by atoms with Crippen molar-refractivity contribution in [3.63, 3.8) is 0 Å². The third-order valence-corrected chi connectivity index (χ3v) is 5.39. The molecule has 0 unspecified atom stereocenters. The number of furan rings is 1. The van der Waals surface area contributed by atoms with Crippen LogP contribution in [0.3, 0.4) is 0 Å². The van der Waals surface area contributed by atoms with E-state index < -0.39 is 0 Å². The molecule has 0 aliphatic heterocycles. The summed E-state index contributed by atoms with van der Waals surface area (Å²) in [6.45, 7) is 1.83. The van der Waals surface area contributed by atoms with E-state index >= 15 is 0 Å². The van der Waals surface area contributed by atoms with Crippen molar-refractivity contribution in [3.05, 3.63) is 98.7 Å². The van der Waals surface area contributed by atoms with Gasteiger partial charge in [0.15, 0.2) is 5.76 Å². The summed E-state index contributed by atoms with van der Waals surface area (Å²) in [6.07, 6.45) is 0. The number of carbonyl (C=O) groups is 2. The summed E-state index contributed by atoms with van der Waals surface area (Å²) in [4.78, 5) is 25.3. The van der Waals surface area contributed by atoms with Gasteiger partial charge < -0.3 is 9.73 Å². The Hall–Kier alpha value is -2.89. The molecule has 0 bridgehead atoms. The van der Waals surface area contributed by atoms with E-state index in [9.17, 15) is 9.59 Å². The number of benzene rings is 3. The normalized spacial score (nSPS) is 10.9. The topological polar surface area (TPSA) is 59.3 Å². The fourth-order valence-corrected chi connectivity index (χ4v) is 3.44. The Kier molecular flexibility index (Phi) is 5.26. The largest absolute Gasteiger partial charge is 0.452 e. The zero-order valence-electron chi connectivity index (χ0n) is 15.3. The maximum atomic E-state index is 12.8. The van der Waals surface area contributed by atoms with Gasteiger partial charge in [-0.1, -0.05) is 27.5 Å². The summed E-state index contributed by atoms with van der Waals surface area (Å²) in [5.74, 6) is -0.148. The number of carbonyl (C=O) groups excluding carboxylic acids is 2. The Morgan fingerprint density at radius 3 is 2.28 bits per heavy atom. The highest BCUT2D eigenvalue weighted by Gasteiger charge is 2.20. The van der Waals surface area contributed by atoms with Crippen molar-refractivity contribution in [2.24, 2.45) is 0 Å². The molecule has 1 N–H and O–H groups in total. The maximum absolute atomic E-state index is 12.8. The van der Waals surface area contributed by atoms with E-state index in [0.29, 0.717) is 27.4 Å². The molecule has 0 aliphatic carbocycles. The van der Waals surface area contributed by atoms with Crippen molar-refractivity contribution in [3.8, 4) is 0 Å². The average Bonchev–Trinajstić information content (AvgIpc) is 3.05. The molecule has 3 aromatic carbocycles. The number of rotatable bonds is 4. The van der Waals surface area contributed by atoms with Crippen molar-refractivity contribution < 1.29 is 14.0 Å². The highest BCUT2D eigenvalue weighted by atomic mass is 79.9. The van der Waals surface area contributed by atoms with E-state index in [0.717, 1.165) is 15.4 Å².